The number of hydrogen-bond acceptors (Lipinski definition) is 5. The van der Waals surface area contributed by atoms with Crippen LogP contribution in [0.4, 0.5) is 0 Å². The van der Waals surface area contributed by atoms with Crippen molar-refractivity contribution in [3.05, 3.63) is 24.0 Å². The highest BCUT2D eigenvalue weighted by atomic mass is 16.5. The Labute approximate surface area is 67.6 Å². The Morgan fingerprint density at radius 3 is 3.00 bits per heavy atom. The van der Waals surface area contributed by atoms with E-state index in [0.29, 0.717) is 0 Å². The normalized spacial score (nSPS) is 9.00. The summed E-state index contributed by atoms with van der Waals surface area (Å²) in [6.45, 7) is 0.128. The second-order valence-electron chi connectivity index (χ2n) is 1.85. The van der Waals surface area contributed by atoms with Crippen molar-refractivity contribution in [2.45, 2.75) is 0 Å². The number of ether oxygens (including phenoxy) is 1. The van der Waals surface area contributed by atoms with E-state index in [1.165, 1.54) is 18.3 Å². The van der Waals surface area contributed by atoms with E-state index in [9.17, 15) is 14.7 Å². The highest BCUT2D eigenvalue weighted by molar-refractivity contribution is 5.87. The number of nitrogens with zero attached hydrogens (tertiary/aromatic N) is 1. The molecule has 1 rings (SSSR count). The molecule has 0 saturated heterocycles. The number of carboxylic acids is 1. The molecule has 0 aliphatic rings. The number of pyridine rings is 1. The van der Waals surface area contributed by atoms with Crippen LogP contribution in [0.3, 0.4) is 0 Å². The molecule has 5 heteroatoms. The Morgan fingerprint density at radius 1 is 1.67 bits per heavy atom. The van der Waals surface area contributed by atoms with Crippen molar-refractivity contribution in [2.75, 3.05) is 0 Å². The van der Waals surface area contributed by atoms with Crippen molar-refractivity contribution in [1.29, 1.82) is 0 Å². The van der Waals surface area contributed by atoms with Crippen molar-refractivity contribution in [1.82, 2.24) is 4.98 Å². The molecular formula is C7H4NO4-. The van der Waals surface area contributed by atoms with Gasteiger partial charge in [0.25, 0.3) is 6.47 Å². The summed E-state index contributed by atoms with van der Waals surface area (Å²) in [5.74, 6) is -1.60. The minimum Gasteiger partial charge on any atom is -0.543 e. The predicted octanol–water partition coefficient (Wildman–Crippen LogP) is -1.02. The summed E-state index contributed by atoms with van der Waals surface area (Å²) < 4.78 is 4.33. The number of aromatic nitrogens is 1. The molecule has 0 saturated carbocycles. The SMILES string of the molecule is O=COc1cccnc1C(=O)[O-]. The van der Waals surface area contributed by atoms with E-state index in [-0.39, 0.29) is 17.9 Å². The molecule has 0 amide bonds. The topological polar surface area (TPSA) is 79.3 Å². The van der Waals surface area contributed by atoms with E-state index in [1.54, 1.807) is 0 Å². The van der Waals surface area contributed by atoms with E-state index in [2.05, 4.69) is 9.72 Å². The number of carbonyl (C=O) groups is 2. The molecule has 0 radical (unpaired) electrons. The van der Waals surface area contributed by atoms with Crippen LogP contribution in [0.1, 0.15) is 10.5 Å². The van der Waals surface area contributed by atoms with Crippen molar-refractivity contribution in [2.24, 2.45) is 0 Å². The summed E-state index contributed by atoms with van der Waals surface area (Å²) in [5, 5.41) is 10.3. The third kappa shape index (κ3) is 1.57. The molecule has 0 N–H and O–H groups in total. The predicted molar refractivity (Wildman–Crippen MR) is 35.3 cm³/mol. The van der Waals surface area contributed by atoms with Gasteiger partial charge >= 0.3 is 0 Å². The molecule has 0 spiro atoms. The second-order valence-corrected chi connectivity index (χ2v) is 1.85. The molecule has 1 aromatic rings. The number of hydrogen-bond donors (Lipinski definition) is 0. The average Bonchev–Trinajstić information content (AvgIpc) is 2.05. The van der Waals surface area contributed by atoms with Crippen LogP contribution in [-0.4, -0.2) is 17.4 Å². The first-order valence-corrected chi connectivity index (χ1v) is 3.02. The van der Waals surface area contributed by atoms with Crippen molar-refractivity contribution >= 4 is 12.4 Å². The summed E-state index contributed by atoms with van der Waals surface area (Å²) >= 11 is 0. The quantitative estimate of drug-likeness (QED) is 0.537. The number of rotatable bonds is 3. The Kier molecular flexibility index (Phi) is 2.37. The number of carbonyl (C=O) groups excluding carboxylic acids is 2. The maximum atomic E-state index is 10.3. The fourth-order valence-corrected chi connectivity index (χ4v) is 0.691. The molecular weight excluding hydrogens is 162 g/mol. The number of aromatic carboxylic acids is 1. The average molecular weight is 166 g/mol. The Bertz CT molecular complexity index is 310. The lowest BCUT2D eigenvalue weighted by Gasteiger charge is -2.04. The molecule has 1 aromatic heterocycles. The molecule has 0 bridgehead atoms. The van der Waals surface area contributed by atoms with Crippen molar-refractivity contribution < 1.29 is 19.4 Å². The minimum atomic E-state index is -1.48. The zero-order valence-electron chi connectivity index (χ0n) is 5.89. The first kappa shape index (κ1) is 8.19. The summed E-state index contributed by atoms with van der Waals surface area (Å²) in [6, 6.07) is 2.76. The second kappa shape index (κ2) is 3.47. The molecule has 62 valence electrons. The highest BCUT2D eigenvalue weighted by Crippen LogP contribution is 2.12. The molecule has 0 aromatic carbocycles. The molecule has 0 aliphatic carbocycles. The van der Waals surface area contributed by atoms with E-state index >= 15 is 0 Å². The third-order valence-corrected chi connectivity index (χ3v) is 1.14. The van der Waals surface area contributed by atoms with Crippen molar-refractivity contribution in [3.8, 4) is 5.75 Å². The molecule has 0 fully saturated rings. The van der Waals surface area contributed by atoms with Gasteiger partial charge in [0.1, 0.15) is 5.69 Å². The Hall–Kier alpha value is -1.91. The van der Waals surface area contributed by atoms with Crippen LogP contribution in [0.2, 0.25) is 0 Å². The fraction of sp³-hybridized carbons (Fsp3) is 0. The molecule has 0 aliphatic heterocycles. The summed E-state index contributed by atoms with van der Waals surface area (Å²) in [6.07, 6.45) is 1.27. The van der Waals surface area contributed by atoms with Crippen LogP contribution in [0.25, 0.3) is 0 Å². The lowest BCUT2D eigenvalue weighted by Crippen LogP contribution is -2.24. The van der Waals surface area contributed by atoms with Gasteiger partial charge in [-0.1, -0.05) is 0 Å². The molecule has 5 nitrogen and oxygen atoms in total. The van der Waals surface area contributed by atoms with Crippen molar-refractivity contribution in [3.63, 3.8) is 0 Å². The standard InChI is InChI=1S/C7H5NO4/c9-4-12-5-2-1-3-8-6(5)7(10)11/h1-4H,(H,10,11)/p-1. The van der Waals surface area contributed by atoms with Gasteiger partial charge in [-0.3, -0.25) is 9.78 Å². The summed E-state index contributed by atoms with van der Waals surface area (Å²) in [7, 11) is 0. The first-order chi connectivity index (χ1) is 5.75. The third-order valence-electron chi connectivity index (χ3n) is 1.14. The highest BCUT2D eigenvalue weighted by Gasteiger charge is 2.03. The van der Waals surface area contributed by atoms with Crippen LogP contribution >= 0.6 is 0 Å². The van der Waals surface area contributed by atoms with Crippen LogP contribution in [-0.2, 0) is 4.79 Å². The van der Waals surface area contributed by atoms with Gasteiger partial charge < -0.3 is 14.6 Å². The largest absolute Gasteiger partial charge is 0.543 e. The summed E-state index contributed by atoms with van der Waals surface area (Å²) in [5.41, 5.74) is -0.385. The molecule has 0 unspecified atom stereocenters. The van der Waals surface area contributed by atoms with E-state index in [1.807, 2.05) is 0 Å². The van der Waals surface area contributed by atoms with Gasteiger partial charge in [-0.05, 0) is 12.1 Å². The zero-order valence-corrected chi connectivity index (χ0v) is 5.89. The van der Waals surface area contributed by atoms with Crippen LogP contribution < -0.4 is 9.84 Å². The Balaban J connectivity index is 3.07. The van der Waals surface area contributed by atoms with Crippen LogP contribution in [0, 0.1) is 0 Å². The molecule has 12 heavy (non-hydrogen) atoms. The number of carboxylic acid groups (broad SMARTS) is 1. The van der Waals surface area contributed by atoms with Gasteiger partial charge in [-0.25, -0.2) is 0 Å². The zero-order chi connectivity index (χ0) is 8.97. The lowest BCUT2D eigenvalue weighted by atomic mass is 10.3. The smallest absolute Gasteiger partial charge is 0.298 e. The van der Waals surface area contributed by atoms with E-state index in [0.717, 1.165) is 0 Å². The fourth-order valence-electron chi connectivity index (χ4n) is 0.691. The van der Waals surface area contributed by atoms with Crippen LogP contribution in [0.15, 0.2) is 18.3 Å². The Morgan fingerprint density at radius 2 is 2.42 bits per heavy atom. The maximum Gasteiger partial charge on any atom is 0.298 e. The monoisotopic (exact) mass is 166 g/mol. The van der Waals surface area contributed by atoms with Gasteiger partial charge in [0.15, 0.2) is 5.75 Å². The lowest BCUT2D eigenvalue weighted by molar-refractivity contribution is -0.255. The molecule has 1 heterocycles. The minimum absolute atomic E-state index is 0.118. The van der Waals surface area contributed by atoms with Gasteiger partial charge in [0.2, 0.25) is 0 Å². The van der Waals surface area contributed by atoms with Gasteiger partial charge in [-0.2, -0.15) is 0 Å². The maximum absolute atomic E-state index is 10.3. The summed E-state index contributed by atoms with van der Waals surface area (Å²) in [4.78, 5) is 23.7. The molecule has 0 atom stereocenters. The van der Waals surface area contributed by atoms with E-state index < -0.39 is 5.97 Å². The van der Waals surface area contributed by atoms with Gasteiger partial charge in [-0.15, -0.1) is 0 Å². The van der Waals surface area contributed by atoms with Crippen LogP contribution in [0.5, 0.6) is 5.75 Å². The van der Waals surface area contributed by atoms with Gasteiger partial charge in [0.05, 0.1) is 5.97 Å². The first-order valence-electron chi connectivity index (χ1n) is 3.02. The van der Waals surface area contributed by atoms with E-state index in [4.69, 9.17) is 0 Å². The van der Waals surface area contributed by atoms with Gasteiger partial charge in [0, 0.05) is 6.20 Å².